The van der Waals surface area contributed by atoms with Crippen LogP contribution < -0.4 is 70.0 Å². The number of nitrogens with two attached hydrogens (primary N) is 2. The number of likely N-dealkylation sites (N-methyl/N-ethyl adjacent to an activating group) is 3. The predicted octanol–water partition coefficient (Wildman–Crippen LogP) is -1.79. The van der Waals surface area contributed by atoms with E-state index in [-0.39, 0.29) is 82.7 Å². The maximum atomic E-state index is 15.8. The van der Waals surface area contributed by atoms with Crippen molar-refractivity contribution in [1.29, 1.82) is 0 Å². The number of amides is 18. The highest BCUT2D eigenvalue weighted by atomic mass is 32.2. The summed E-state index contributed by atoms with van der Waals surface area (Å²) in [4.78, 5) is 277. The molecular formula is C92H131N23O22S. The van der Waals surface area contributed by atoms with Gasteiger partial charge in [-0.25, -0.2) is 0 Å². The van der Waals surface area contributed by atoms with Crippen molar-refractivity contribution < 1.29 is 107 Å². The molecule has 2 aromatic heterocycles. The number of thioether (sulfide) groups is 1. The molecule has 46 heteroatoms. The lowest BCUT2D eigenvalue weighted by Gasteiger charge is -2.36. The Bertz CT molecular complexity index is 5180. The number of rotatable bonds is 30. The molecular weight excluding hydrogens is 1810 g/mol. The minimum Gasteiger partial charge on any atom is -0.508 e. The van der Waals surface area contributed by atoms with Crippen LogP contribution in [0.3, 0.4) is 0 Å². The average Bonchev–Trinajstić information content (AvgIpc) is 1.57. The number of nitrogens with zero attached hydrogens (tertiary/aromatic N) is 8. The summed E-state index contributed by atoms with van der Waals surface area (Å²) in [5.74, 6) is -19.1. The van der Waals surface area contributed by atoms with Gasteiger partial charge in [0.1, 0.15) is 90.3 Å². The Balaban J connectivity index is 1.18. The lowest BCUT2D eigenvalue weighted by atomic mass is 9.99. The van der Waals surface area contributed by atoms with E-state index in [1.165, 1.54) is 57.2 Å². The fraction of sp³-hybridized carbons (Fsp3) is 0.565. The molecule has 752 valence electrons. The van der Waals surface area contributed by atoms with E-state index in [9.17, 15) is 68.4 Å². The average molecular weight is 1940 g/mol. The van der Waals surface area contributed by atoms with E-state index in [1.807, 2.05) is 13.8 Å². The number of aromatic hydroxyl groups is 1. The Morgan fingerprint density at radius 2 is 1.08 bits per heavy atom. The van der Waals surface area contributed by atoms with Crippen LogP contribution in [0.25, 0.3) is 32.2 Å². The molecule has 5 heterocycles. The summed E-state index contributed by atoms with van der Waals surface area (Å²) in [7, 11) is 3.90. The van der Waals surface area contributed by atoms with E-state index in [0.717, 1.165) is 31.4 Å². The fourth-order valence-corrected chi connectivity index (χ4v) is 17.6. The molecule has 1 unspecified atom stereocenters. The van der Waals surface area contributed by atoms with Crippen molar-refractivity contribution in [2.75, 3.05) is 78.6 Å². The Labute approximate surface area is 802 Å². The van der Waals surface area contributed by atoms with Gasteiger partial charge >= 0.3 is 0 Å². The topological polar surface area (TPSA) is 669 Å². The normalized spacial score (nSPS) is 24.4. The van der Waals surface area contributed by atoms with Crippen LogP contribution in [0, 0.1) is 5.92 Å². The van der Waals surface area contributed by atoms with Crippen LogP contribution in [0.1, 0.15) is 154 Å². The number of fused-ring (bicyclic) bond motifs is 4. The summed E-state index contributed by atoms with van der Waals surface area (Å²) in [5.41, 5.74) is 22.5. The molecule has 0 bridgehead atoms. The first kappa shape index (κ1) is 110. The molecule has 0 radical (unpaired) electrons. The van der Waals surface area contributed by atoms with Crippen LogP contribution in [-0.2, 0) is 106 Å². The van der Waals surface area contributed by atoms with Gasteiger partial charge in [-0.1, -0.05) is 113 Å². The molecule has 15 atom stereocenters. The number of aliphatic hydroxyl groups excluding tert-OH is 3. The first-order valence-electron chi connectivity index (χ1n) is 46.4. The Hall–Kier alpha value is -13.5. The number of aliphatic hydroxyl groups is 3. The van der Waals surface area contributed by atoms with Gasteiger partial charge in [-0.2, -0.15) is 0 Å². The maximum Gasteiger partial charge on any atom is 0.246 e. The predicted molar refractivity (Wildman–Crippen MR) is 506 cm³/mol. The highest BCUT2D eigenvalue weighted by Crippen LogP contribution is 2.28. The lowest BCUT2D eigenvalue weighted by molar-refractivity contribution is -0.149. The lowest BCUT2D eigenvalue weighted by Crippen LogP contribution is -2.62. The van der Waals surface area contributed by atoms with Crippen molar-refractivity contribution in [3.05, 3.63) is 112 Å². The Morgan fingerprint density at radius 3 is 1.68 bits per heavy atom. The quantitative estimate of drug-likeness (QED) is 0.0104. The van der Waals surface area contributed by atoms with Gasteiger partial charge in [0, 0.05) is 124 Å². The number of benzene rings is 3. The number of H-pyrrole nitrogens is 2. The molecule has 0 saturated carbocycles. The summed E-state index contributed by atoms with van der Waals surface area (Å²) in [6, 6.07) is -3.43. The zero-order valence-electron chi connectivity index (χ0n) is 78.9. The largest absolute Gasteiger partial charge is 0.508 e. The number of carbonyl (C=O) groups excluding carboxylic acids is 18. The molecule has 8 rings (SSSR count). The zero-order valence-corrected chi connectivity index (χ0v) is 79.7. The molecule has 3 aromatic carbocycles. The van der Waals surface area contributed by atoms with E-state index in [0.29, 0.717) is 83.4 Å². The summed E-state index contributed by atoms with van der Waals surface area (Å²) in [6.45, 7) is 5.16. The summed E-state index contributed by atoms with van der Waals surface area (Å²) < 4.78 is 0. The molecule has 3 saturated heterocycles. The van der Waals surface area contributed by atoms with Gasteiger partial charge in [0.25, 0.3) is 0 Å². The number of phenolic OH excluding ortho intramolecular Hbond substituents is 1. The van der Waals surface area contributed by atoms with Crippen LogP contribution in [0.2, 0.25) is 0 Å². The second-order valence-corrected chi connectivity index (χ2v) is 36.3. The number of hydrogen-bond donors (Lipinski definition) is 19. The number of azide groups is 1. The number of primary amides is 2. The fourth-order valence-electron chi connectivity index (χ4n) is 16.7. The summed E-state index contributed by atoms with van der Waals surface area (Å²) in [5, 5.41) is 76.9. The summed E-state index contributed by atoms with van der Waals surface area (Å²) in [6.07, 6.45) is 1.43. The number of phenols is 1. The Kier molecular flexibility index (Phi) is 42.9. The monoisotopic (exact) mass is 1940 g/mol. The molecule has 45 nitrogen and oxygen atoms in total. The standard InChI is InChI=1S/C92H131N23O22S/c1-9-11-25-71-85(130)103-63(37-51(3)4)81(126)109-70(80(125)99-45-77(122)96-34-18-13-19-35-100-110-95)49-138-50-78(123)101-65(38-53-28-30-56(118)31-29-53)88(133)111(6)52(5)79(124)105-67(42-76(94)121)91(136)114-36-20-27-72(114)86(131)108-69(48-117)83(128)102-62(32-33-75(93)120)90(135)115-46-57(119)41-74(115)87(132)104-64(39-54-43-97-60-23-16-14-21-58(54)60)82(127)107-68(47-116)84(129)106-66(40-55-44-98-61-24-17-15-22-59(55)61)89(134)113(8)73(26-12-10-2)92(137)112(71)7/h14-17,21-24,28-31,43-44,51-52,57,62-74,97-98,116-119H,9-13,18-20,25-27,32-42,45-50H2,1-8H3,(H2,93,120)(H2,94,121)(H,96,122)(H,99,125)(H,101,123)(H,102,128)(H,103,130)(H,104,132)(H,105,124)(H,106,129)(H,107,127)(H,108,131)(H,109,126)/t52-,57+,62-,63-,64-,65-,66?,67-,68-,69-,70-,71-,72-,73-,74-/m0/s1. The molecule has 18 amide bonds. The molecule has 21 N–H and O–H groups in total. The van der Waals surface area contributed by atoms with Crippen molar-refractivity contribution >= 4 is 140 Å². The van der Waals surface area contributed by atoms with Gasteiger partial charge in [0.15, 0.2) is 0 Å². The van der Waals surface area contributed by atoms with E-state index in [2.05, 4.69) is 78.5 Å². The number of para-hydroxylation sites is 2. The smallest absolute Gasteiger partial charge is 0.246 e. The third-order valence-corrected chi connectivity index (χ3v) is 25.6. The van der Waals surface area contributed by atoms with Crippen molar-refractivity contribution in [3.63, 3.8) is 0 Å². The minimum absolute atomic E-state index is 0.00536. The highest BCUT2D eigenvalue weighted by Gasteiger charge is 2.47. The molecule has 138 heavy (non-hydrogen) atoms. The van der Waals surface area contributed by atoms with E-state index >= 15 is 38.4 Å². The third kappa shape index (κ3) is 31.5. The highest BCUT2D eigenvalue weighted by molar-refractivity contribution is 8.00. The van der Waals surface area contributed by atoms with Crippen LogP contribution >= 0.6 is 11.8 Å². The molecule has 5 aromatic rings. The minimum atomic E-state index is -1.95. The SMILES string of the molecule is CCCC[C@H]1C(=O)N(C)[C@@H](CCCC)C(=O)N[C@@H](CC(C)C)C(=O)N[C@H](C(=O)NCC(=O)NCCCCCN=[N+]=[N-])CSCC(=O)N[C@@H](Cc2ccc(O)cc2)C(=O)N(C)[C@@H](C)C(=O)N[C@@H](CC(N)=O)C(=O)N2CCC[C@H]2C(=O)N[C@@H](CO)C(=O)N[C@@H](CCC(N)=O)C(=O)N2C[C@H](O)C[C@H]2C(=O)N[C@@H](Cc2c[nH]c3ccccc23)C(=O)N[C@@H](CO)C(=O)NC(Cc2c[nH]c3ccccc23)C(=O)N1C. The van der Waals surface area contributed by atoms with E-state index in [4.69, 9.17) is 17.0 Å². The van der Waals surface area contributed by atoms with Crippen LogP contribution in [-0.4, -0.2) is 330 Å². The number of nitrogens with one attached hydrogen (secondary N) is 13. The maximum absolute atomic E-state index is 15.8. The molecule has 0 aliphatic carbocycles. The second kappa shape index (κ2) is 53.9. The third-order valence-electron chi connectivity index (χ3n) is 24.5. The van der Waals surface area contributed by atoms with Gasteiger partial charge in [0.2, 0.25) is 106 Å². The number of aromatic nitrogens is 2. The number of aromatic amines is 2. The molecule has 0 spiro atoms. The first-order chi connectivity index (χ1) is 65.8. The van der Waals surface area contributed by atoms with Crippen LogP contribution in [0.4, 0.5) is 0 Å². The first-order valence-corrected chi connectivity index (χ1v) is 47.6. The van der Waals surface area contributed by atoms with Crippen molar-refractivity contribution in [3.8, 4) is 5.75 Å². The van der Waals surface area contributed by atoms with Crippen LogP contribution in [0.5, 0.6) is 5.75 Å². The Morgan fingerprint density at radius 1 is 0.551 bits per heavy atom. The molecule has 3 aliphatic heterocycles. The number of carbonyl (C=O) groups is 18. The van der Waals surface area contributed by atoms with Crippen molar-refractivity contribution in [1.82, 2.24) is 93.0 Å². The summed E-state index contributed by atoms with van der Waals surface area (Å²) >= 11 is 0.788. The second-order valence-electron chi connectivity index (χ2n) is 35.3. The van der Waals surface area contributed by atoms with Gasteiger partial charge in [-0.05, 0) is 111 Å². The van der Waals surface area contributed by atoms with Gasteiger partial charge in [-0.3, -0.25) is 86.3 Å². The van der Waals surface area contributed by atoms with E-state index in [1.54, 1.807) is 74.8 Å². The van der Waals surface area contributed by atoms with Crippen LogP contribution in [0.15, 0.2) is 90.3 Å². The van der Waals surface area contributed by atoms with E-state index < -0.39 is 261 Å². The number of unbranched alkanes of at least 4 members (excludes halogenated alkanes) is 4. The van der Waals surface area contributed by atoms with Gasteiger partial charge in [0.05, 0.1) is 38.0 Å². The van der Waals surface area contributed by atoms with Gasteiger partial charge < -0.3 is 125 Å². The van der Waals surface area contributed by atoms with Crippen molar-refractivity contribution in [2.24, 2.45) is 22.5 Å². The molecule has 3 fully saturated rings. The molecule has 3 aliphatic rings. The zero-order chi connectivity index (χ0) is 101. The van der Waals surface area contributed by atoms with Gasteiger partial charge in [-0.15, -0.1) is 11.8 Å². The van der Waals surface area contributed by atoms with Crippen molar-refractivity contribution in [2.45, 2.75) is 247 Å². The number of hydrogen-bond acceptors (Lipinski definition) is 24.